The number of H-pyrrole nitrogens is 1. The van der Waals surface area contributed by atoms with Gasteiger partial charge in [-0.3, -0.25) is 0 Å². The van der Waals surface area contributed by atoms with E-state index in [4.69, 9.17) is 4.98 Å². The smallest absolute Gasteiger partial charge is 0.166 e. The summed E-state index contributed by atoms with van der Waals surface area (Å²) >= 11 is 1.55. The molecule has 0 unspecified atom stereocenters. The molecule has 2 aromatic heterocycles. The molecular weight excluding hydrogens is 335 g/mol. The summed E-state index contributed by atoms with van der Waals surface area (Å²) in [6.45, 7) is 0.970. The van der Waals surface area contributed by atoms with Crippen LogP contribution in [0.1, 0.15) is 12.8 Å². The Kier molecular flexibility index (Phi) is 4.44. The molecule has 1 aliphatic rings. The van der Waals surface area contributed by atoms with Gasteiger partial charge in [-0.05, 0) is 61.4 Å². The van der Waals surface area contributed by atoms with E-state index in [0.717, 1.165) is 46.0 Å². The van der Waals surface area contributed by atoms with Gasteiger partial charge in [-0.1, -0.05) is 11.8 Å². The normalized spacial score (nSPS) is 13.8. The van der Waals surface area contributed by atoms with Crippen molar-refractivity contribution in [1.82, 2.24) is 15.0 Å². The zero-order valence-corrected chi connectivity index (χ0v) is 14.7. The maximum atomic E-state index is 13.3. The predicted octanol–water partition coefficient (Wildman–Crippen LogP) is 4.82. The van der Waals surface area contributed by atoms with Crippen LogP contribution in [0, 0.1) is 11.7 Å². The molecule has 3 aromatic rings. The van der Waals surface area contributed by atoms with Crippen LogP contribution >= 0.6 is 11.8 Å². The minimum absolute atomic E-state index is 0.245. The third kappa shape index (κ3) is 3.69. The lowest BCUT2D eigenvalue weighted by atomic mass is 10.1. The lowest BCUT2D eigenvalue weighted by molar-refractivity contribution is 0.628. The SMILES string of the molecule is CSc1nc(-c2ccnc(NCC3CC3)c2)c(-c2ccc(F)cc2)[nH]1. The number of rotatable bonds is 6. The van der Waals surface area contributed by atoms with Crippen LogP contribution in [0.3, 0.4) is 0 Å². The van der Waals surface area contributed by atoms with Crippen LogP contribution in [0.2, 0.25) is 0 Å². The monoisotopic (exact) mass is 354 g/mol. The molecule has 128 valence electrons. The summed E-state index contributed by atoms with van der Waals surface area (Å²) < 4.78 is 13.3. The molecule has 2 heterocycles. The van der Waals surface area contributed by atoms with Crippen LogP contribution in [0.15, 0.2) is 47.8 Å². The molecule has 1 fully saturated rings. The number of nitrogens with one attached hydrogen (secondary N) is 2. The number of nitrogens with zero attached hydrogens (tertiary/aromatic N) is 2. The van der Waals surface area contributed by atoms with Crippen LogP contribution in [0.5, 0.6) is 0 Å². The highest BCUT2D eigenvalue weighted by atomic mass is 32.2. The molecule has 2 N–H and O–H groups in total. The highest BCUT2D eigenvalue weighted by Crippen LogP contribution is 2.33. The molecule has 25 heavy (non-hydrogen) atoms. The molecule has 0 spiro atoms. The van der Waals surface area contributed by atoms with Crippen LogP contribution in [-0.2, 0) is 0 Å². The average Bonchev–Trinajstić information content (AvgIpc) is 3.37. The lowest BCUT2D eigenvalue weighted by Gasteiger charge is -2.07. The molecule has 0 aliphatic heterocycles. The summed E-state index contributed by atoms with van der Waals surface area (Å²) in [6.07, 6.45) is 6.38. The number of hydrogen-bond acceptors (Lipinski definition) is 4. The molecule has 0 amide bonds. The number of aromatic amines is 1. The molecule has 0 saturated heterocycles. The molecule has 4 nitrogen and oxygen atoms in total. The van der Waals surface area contributed by atoms with Gasteiger partial charge in [0.05, 0.1) is 11.4 Å². The van der Waals surface area contributed by atoms with E-state index in [9.17, 15) is 4.39 Å². The summed E-state index contributed by atoms with van der Waals surface area (Å²) in [5, 5.41) is 4.23. The van der Waals surface area contributed by atoms with E-state index in [0.29, 0.717) is 0 Å². The number of thioether (sulfide) groups is 1. The van der Waals surface area contributed by atoms with Gasteiger partial charge in [0.2, 0.25) is 0 Å². The van der Waals surface area contributed by atoms with Crippen molar-refractivity contribution in [3.05, 3.63) is 48.4 Å². The second-order valence-electron chi connectivity index (χ2n) is 6.23. The highest BCUT2D eigenvalue weighted by molar-refractivity contribution is 7.98. The second-order valence-corrected chi connectivity index (χ2v) is 7.03. The summed E-state index contributed by atoms with van der Waals surface area (Å²) in [6, 6.07) is 10.4. The van der Waals surface area contributed by atoms with E-state index < -0.39 is 0 Å². The molecule has 0 radical (unpaired) electrons. The molecule has 1 aromatic carbocycles. The Labute approximate surface area is 150 Å². The van der Waals surface area contributed by atoms with Gasteiger partial charge in [0.25, 0.3) is 0 Å². The molecule has 0 atom stereocenters. The maximum absolute atomic E-state index is 13.3. The highest BCUT2D eigenvalue weighted by Gasteiger charge is 2.21. The van der Waals surface area contributed by atoms with E-state index in [-0.39, 0.29) is 5.82 Å². The maximum Gasteiger partial charge on any atom is 0.166 e. The second kappa shape index (κ2) is 6.88. The van der Waals surface area contributed by atoms with Crippen molar-refractivity contribution in [2.24, 2.45) is 5.92 Å². The van der Waals surface area contributed by atoms with Crippen molar-refractivity contribution >= 4 is 17.6 Å². The van der Waals surface area contributed by atoms with Gasteiger partial charge in [-0.15, -0.1) is 0 Å². The van der Waals surface area contributed by atoms with E-state index in [1.807, 2.05) is 18.4 Å². The van der Waals surface area contributed by atoms with Gasteiger partial charge in [-0.25, -0.2) is 14.4 Å². The van der Waals surface area contributed by atoms with Gasteiger partial charge < -0.3 is 10.3 Å². The number of anilines is 1. The fourth-order valence-electron chi connectivity index (χ4n) is 2.73. The predicted molar refractivity (Wildman–Crippen MR) is 100 cm³/mol. The third-order valence-electron chi connectivity index (χ3n) is 4.31. The minimum Gasteiger partial charge on any atom is -0.370 e. The van der Waals surface area contributed by atoms with Crippen molar-refractivity contribution < 1.29 is 4.39 Å². The van der Waals surface area contributed by atoms with Crippen molar-refractivity contribution in [2.75, 3.05) is 18.1 Å². The number of pyridine rings is 1. The standard InChI is InChI=1S/C19H19FN4S/c1-25-19-23-17(13-4-6-15(20)7-5-13)18(24-19)14-8-9-21-16(10-14)22-11-12-2-3-12/h4-10,12H,2-3,11H2,1H3,(H,21,22)(H,23,24). The van der Waals surface area contributed by atoms with Gasteiger partial charge in [0.15, 0.2) is 5.16 Å². The first-order valence-corrected chi connectivity index (χ1v) is 9.55. The van der Waals surface area contributed by atoms with Crippen molar-refractivity contribution in [2.45, 2.75) is 18.0 Å². The Hall–Kier alpha value is -2.34. The number of hydrogen-bond donors (Lipinski definition) is 2. The Morgan fingerprint density at radius 3 is 2.72 bits per heavy atom. The fraction of sp³-hybridized carbons (Fsp3) is 0.263. The van der Waals surface area contributed by atoms with Crippen molar-refractivity contribution in [3.8, 4) is 22.5 Å². The lowest BCUT2D eigenvalue weighted by Crippen LogP contribution is -2.04. The van der Waals surface area contributed by atoms with Crippen LogP contribution in [0.4, 0.5) is 10.2 Å². The summed E-state index contributed by atoms with van der Waals surface area (Å²) in [5.41, 5.74) is 3.65. The average molecular weight is 354 g/mol. The summed E-state index contributed by atoms with van der Waals surface area (Å²) in [4.78, 5) is 12.4. The summed E-state index contributed by atoms with van der Waals surface area (Å²) in [7, 11) is 0. The third-order valence-corrected chi connectivity index (χ3v) is 4.89. The van der Waals surface area contributed by atoms with Gasteiger partial charge in [0.1, 0.15) is 11.6 Å². The van der Waals surface area contributed by atoms with Gasteiger partial charge in [-0.2, -0.15) is 0 Å². The molecule has 1 aliphatic carbocycles. The zero-order valence-electron chi connectivity index (χ0n) is 13.9. The van der Waals surface area contributed by atoms with Crippen LogP contribution in [-0.4, -0.2) is 27.8 Å². The Morgan fingerprint density at radius 1 is 1.20 bits per heavy atom. The Bertz CT molecular complexity index is 871. The van der Waals surface area contributed by atoms with Crippen molar-refractivity contribution in [1.29, 1.82) is 0 Å². The van der Waals surface area contributed by atoms with Crippen LogP contribution in [0.25, 0.3) is 22.5 Å². The molecule has 4 rings (SSSR count). The largest absolute Gasteiger partial charge is 0.370 e. The first kappa shape index (κ1) is 16.1. The Balaban J connectivity index is 1.70. The van der Waals surface area contributed by atoms with E-state index in [2.05, 4.69) is 15.3 Å². The van der Waals surface area contributed by atoms with Crippen LogP contribution < -0.4 is 5.32 Å². The topological polar surface area (TPSA) is 53.6 Å². The Morgan fingerprint density at radius 2 is 2.00 bits per heavy atom. The minimum atomic E-state index is -0.245. The number of halogens is 1. The zero-order chi connectivity index (χ0) is 17.2. The van der Waals surface area contributed by atoms with Crippen molar-refractivity contribution in [3.63, 3.8) is 0 Å². The number of benzene rings is 1. The van der Waals surface area contributed by atoms with E-state index in [1.54, 1.807) is 30.1 Å². The van der Waals surface area contributed by atoms with E-state index in [1.165, 1.54) is 25.0 Å². The van der Waals surface area contributed by atoms with E-state index >= 15 is 0 Å². The fourth-order valence-corrected chi connectivity index (χ4v) is 3.11. The number of imidazole rings is 1. The quantitative estimate of drug-likeness (QED) is 0.623. The first-order chi connectivity index (χ1) is 12.2. The molecule has 6 heteroatoms. The van der Waals surface area contributed by atoms with Gasteiger partial charge in [0, 0.05) is 23.9 Å². The molecule has 1 saturated carbocycles. The molecule has 0 bridgehead atoms. The van der Waals surface area contributed by atoms with Gasteiger partial charge >= 0.3 is 0 Å². The summed E-state index contributed by atoms with van der Waals surface area (Å²) in [5.74, 6) is 1.40. The molecular formula is C19H19FN4S. The number of aromatic nitrogens is 3. The first-order valence-electron chi connectivity index (χ1n) is 8.33.